The van der Waals surface area contributed by atoms with Gasteiger partial charge >= 0.3 is 0 Å². The Morgan fingerprint density at radius 3 is 2.43 bits per heavy atom. The van der Waals surface area contributed by atoms with E-state index in [0.29, 0.717) is 6.04 Å². The van der Waals surface area contributed by atoms with Crippen LogP contribution in [-0.4, -0.2) is 19.8 Å². The summed E-state index contributed by atoms with van der Waals surface area (Å²) in [4.78, 5) is 0. The second kappa shape index (κ2) is 11.8. The van der Waals surface area contributed by atoms with Gasteiger partial charge in [0.2, 0.25) is 0 Å². The third-order valence-electron chi connectivity index (χ3n) is 3.77. The van der Waals surface area contributed by atoms with Crippen LogP contribution in [0.4, 0.5) is 0 Å². The van der Waals surface area contributed by atoms with Gasteiger partial charge in [0, 0.05) is 19.2 Å². The molecule has 1 unspecified atom stereocenters. The molecule has 0 aromatic heterocycles. The fourth-order valence-electron chi connectivity index (χ4n) is 2.40. The zero-order chi connectivity index (χ0) is 15.3. The zero-order valence-electron chi connectivity index (χ0n) is 14.1. The Labute approximate surface area is 131 Å². The van der Waals surface area contributed by atoms with Crippen molar-refractivity contribution in [2.45, 2.75) is 58.9 Å². The first kappa shape index (κ1) is 18.2. The molecule has 0 bridgehead atoms. The van der Waals surface area contributed by atoms with Gasteiger partial charge < -0.3 is 10.1 Å². The first-order valence-electron chi connectivity index (χ1n) is 8.60. The summed E-state index contributed by atoms with van der Waals surface area (Å²) >= 11 is 0. The molecule has 1 rings (SSSR count). The summed E-state index contributed by atoms with van der Waals surface area (Å²) in [6, 6.07) is 11.3. The molecule has 0 fully saturated rings. The van der Waals surface area contributed by atoms with Gasteiger partial charge in [-0.2, -0.15) is 0 Å². The van der Waals surface area contributed by atoms with Crippen molar-refractivity contribution < 1.29 is 4.74 Å². The van der Waals surface area contributed by atoms with Gasteiger partial charge in [-0.15, -0.1) is 0 Å². The van der Waals surface area contributed by atoms with Gasteiger partial charge in [-0.3, -0.25) is 0 Å². The number of hydrogen-bond donors (Lipinski definition) is 1. The lowest BCUT2D eigenvalue weighted by Crippen LogP contribution is -2.25. The van der Waals surface area contributed by atoms with Crippen LogP contribution in [0.1, 0.15) is 64.5 Å². The molecular formula is C19H33NO. The maximum Gasteiger partial charge on any atom is 0.0591 e. The van der Waals surface area contributed by atoms with Gasteiger partial charge in [-0.05, 0) is 24.3 Å². The summed E-state index contributed by atoms with van der Waals surface area (Å²) in [5, 5.41) is 3.66. The van der Waals surface area contributed by atoms with Gasteiger partial charge in [0.25, 0.3) is 0 Å². The van der Waals surface area contributed by atoms with Crippen molar-refractivity contribution in [1.82, 2.24) is 5.32 Å². The summed E-state index contributed by atoms with van der Waals surface area (Å²) in [5.74, 6) is 0.726. The summed E-state index contributed by atoms with van der Waals surface area (Å²) in [5.41, 5.74) is 1.40. The molecule has 0 saturated carbocycles. The van der Waals surface area contributed by atoms with Gasteiger partial charge in [-0.25, -0.2) is 0 Å². The smallest absolute Gasteiger partial charge is 0.0591 e. The summed E-state index contributed by atoms with van der Waals surface area (Å²) in [6.45, 7) is 9.36. The van der Waals surface area contributed by atoms with Crippen molar-refractivity contribution in [2.24, 2.45) is 5.92 Å². The highest BCUT2D eigenvalue weighted by atomic mass is 16.5. The molecule has 120 valence electrons. The molecule has 0 spiro atoms. The van der Waals surface area contributed by atoms with Gasteiger partial charge in [0.15, 0.2) is 0 Å². The lowest BCUT2D eigenvalue weighted by molar-refractivity contribution is 0.123. The highest BCUT2D eigenvalue weighted by Crippen LogP contribution is 2.19. The highest BCUT2D eigenvalue weighted by Gasteiger charge is 2.09. The Hall–Kier alpha value is -0.860. The molecule has 0 radical (unpaired) electrons. The Morgan fingerprint density at radius 1 is 1.00 bits per heavy atom. The van der Waals surface area contributed by atoms with Crippen LogP contribution in [-0.2, 0) is 4.74 Å². The number of rotatable bonds is 12. The van der Waals surface area contributed by atoms with E-state index in [2.05, 4.69) is 56.4 Å². The minimum atomic E-state index is 0.464. The van der Waals surface area contributed by atoms with Gasteiger partial charge in [0.05, 0.1) is 6.61 Å². The van der Waals surface area contributed by atoms with E-state index in [9.17, 15) is 0 Å². The van der Waals surface area contributed by atoms with E-state index in [0.717, 1.165) is 32.1 Å². The van der Waals surface area contributed by atoms with Crippen LogP contribution in [0.25, 0.3) is 0 Å². The second-order valence-electron chi connectivity index (χ2n) is 6.21. The maximum absolute atomic E-state index is 5.69. The van der Waals surface area contributed by atoms with Crippen molar-refractivity contribution in [1.29, 1.82) is 0 Å². The van der Waals surface area contributed by atoms with Gasteiger partial charge in [0.1, 0.15) is 0 Å². The van der Waals surface area contributed by atoms with Crippen LogP contribution in [0.15, 0.2) is 30.3 Å². The molecule has 21 heavy (non-hydrogen) atoms. The fourth-order valence-corrected chi connectivity index (χ4v) is 2.40. The number of hydrogen-bond acceptors (Lipinski definition) is 2. The minimum absolute atomic E-state index is 0.464. The summed E-state index contributed by atoms with van der Waals surface area (Å²) < 4.78 is 5.69. The van der Waals surface area contributed by atoms with Crippen LogP contribution < -0.4 is 5.32 Å². The van der Waals surface area contributed by atoms with E-state index in [4.69, 9.17) is 4.74 Å². The quantitative estimate of drug-likeness (QED) is 0.550. The highest BCUT2D eigenvalue weighted by molar-refractivity contribution is 5.18. The lowest BCUT2D eigenvalue weighted by Gasteiger charge is -2.19. The van der Waals surface area contributed by atoms with Crippen LogP contribution in [0.5, 0.6) is 0 Å². The molecule has 1 aromatic rings. The van der Waals surface area contributed by atoms with Gasteiger partial charge in [-0.1, -0.05) is 70.4 Å². The molecule has 1 N–H and O–H groups in total. The monoisotopic (exact) mass is 291 g/mol. The van der Waals surface area contributed by atoms with E-state index in [1.165, 1.54) is 31.2 Å². The number of benzene rings is 1. The van der Waals surface area contributed by atoms with E-state index in [1.54, 1.807) is 0 Å². The molecular weight excluding hydrogens is 258 g/mol. The standard InChI is InChI=1S/C19H33NO/c1-4-5-7-12-19(18-10-8-6-9-11-18)20-14-16-21-15-13-17(2)3/h6,8-11,17,19-20H,4-5,7,12-16H2,1-3H3. The molecule has 0 saturated heterocycles. The van der Waals surface area contributed by atoms with Crippen molar-refractivity contribution >= 4 is 0 Å². The zero-order valence-corrected chi connectivity index (χ0v) is 14.1. The SMILES string of the molecule is CCCCCC(NCCOCCC(C)C)c1ccccc1. The van der Waals surface area contributed by atoms with E-state index < -0.39 is 0 Å². The average molecular weight is 291 g/mol. The van der Waals surface area contributed by atoms with Crippen LogP contribution in [0, 0.1) is 5.92 Å². The number of ether oxygens (including phenoxy) is 1. The molecule has 0 aliphatic carbocycles. The molecule has 1 atom stereocenters. The third-order valence-corrected chi connectivity index (χ3v) is 3.77. The molecule has 2 nitrogen and oxygen atoms in total. The van der Waals surface area contributed by atoms with E-state index >= 15 is 0 Å². The average Bonchev–Trinajstić information content (AvgIpc) is 2.49. The topological polar surface area (TPSA) is 21.3 Å². The Balaban J connectivity index is 2.29. The van der Waals surface area contributed by atoms with Crippen LogP contribution >= 0.6 is 0 Å². The first-order chi connectivity index (χ1) is 10.2. The maximum atomic E-state index is 5.69. The minimum Gasteiger partial charge on any atom is -0.380 e. The predicted octanol–water partition coefficient (Wildman–Crippen LogP) is 4.96. The molecule has 0 aliphatic rings. The number of unbranched alkanes of at least 4 members (excludes halogenated alkanes) is 2. The first-order valence-corrected chi connectivity index (χ1v) is 8.60. The largest absolute Gasteiger partial charge is 0.380 e. The van der Waals surface area contributed by atoms with E-state index in [-0.39, 0.29) is 0 Å². The molecule has 2 heteroatoms. The normalized spacial score (nSPS) is 12.8. The van der Waals surface area contributed by atoms with Crippen molar-refractivity contribution in [3.63, 3.8) is 0 Å². The van der Waals surface area contributed by atoms with E-state index in [1.807, 2.05) is 0 Å². The Kier molecular flexibility index (Phi) is 10.2. The second-order valence-corrected chi connectivity index (χ2v) is 6.21. The summed E-state index contributed by atoms with van der Waals surface area (Å²) in [7, 11) is 0. The summed E-state index contributed by atoms with van der Waals surface area (Å²) in [6.07, 6.45) is 6.25. The third kappa shape index (κ3) is 8.90. The Bertz CT molecular complexity index is 337. The van der Waals surface area contributed by atoms with Crippen molar-refractivity contribution in [2.75, 3.05) is 19.8 Å². The molecule has 1 aromatic carbocycles. The molecule has 0 aliphatic heterocycles. The van der Waals surface area contributed by atoms with Crippen LogP contribution in [0.3, 0.4) is 0 Å². The number of nitrogens with one attached hydrogen (secondary N) is 1. The molecule has 0 amide bonds. The lowest BCUT2D eigenvalue weighted by atomic mass is 10.0. The van der Waals surface area contributed by atoms with Crippen LogP contribution in [0.2, 0.25) is 0 Å². The predicted molar refractivity (Wildman–Crippen MR) is 91.6 cm³/mol. The fraction of sp³-hybridized carbons (Fsp3) is 0.684. The van der Waals surface area contributed by atoms with Crippen molar-refractivity contribution in [3.05, 3.63) is 35.9 Å². The molecule has 0 heterocycles. The Morgan fingerprint density at radius 2 is 1.76 bits per heavy atom. The van der Waals surface area contributed by atoms with Crippen molar-refractivity contribution in [3.8, 4) is 0 Å².